The van der Waals surface area contributed by atoms with Crippen molar-refractivity contribution < 1.29 is 14.9 Å². The summed E-state index contributed by atoms with van der Waals surface area (Å²) >= 11 is 5.76. The highest BCUT2D eigenvalue weighted by Gasteiger charge is 2.20. The van der Waals surface area contributed by atoms with Crippen LogP contribution in [0.1, 0.15) is 5.69 Å². The summed E-state index contributed by atoms with van der Waals surface area (Å²) in [7, 11) is 0. The molecule has 9 nitrogen and oxygen atoms in total. The number of hydrogen-bond donors (Lipinski definition) is 2. The first kappa shape index (κ1) is 14.5. The fourth-order valence-electron chi connectivity index (χ4n) is 1.44. The van der Waals surface area contributed by atoms with E-state index in [1.807, 2.05) is 0 Å². The van der Waals surface area contributed by atoms with Crippen LogP contribution < -0.4 is 10.5 Å². The molecule has 2 rings (SSSR count). The van der Waals surface area contributed by atoms with Gasteiger partial charge in [-0.25, -0.2) is 4.98 Å². The minimum absolute atomic E-state index is 0.00580. The van der Waals surface area contributed by atoms with Crippen molar-refractivity contribution in [3.63, 3.8) is 0 Å². The van der Waals surface area contributed by atoms with Gasteiger partial charge in [-0.1, -0.05) is 16.8 Å². The van der Waals surface area contributed by atoms with Crippen LogP contribution in [0.3, 0.4) is 0 Å². The average Bonchev–Trinajstić information content (AvgIpc) is 2.46. The van der Waals surface area contributed by atoms with E-state index >= 15 is 0 Å². The topological polar surface area (TPSA) is 137 Å². The van der Waals surface area contributed by atoms with E-state index in [1.165, 1.54) is 24.5 Å². The van der Waals surface area contributed by atoms with Crippen LogP contribution in [0.25, 0.3) is 0 Å². The van der Waals surface area contributed by atoms with Gasteiger partial charge in [0.2, 0.25) is 5.88 Å². The Bertz CT molecular complexity index is 722. The first-order valence-electron chi connectivity index (χ1n) is 5.43. The van der Waals surface area contributed by atoms with E-state index in [0.29, 0.717) is 5.02 Å². The summed E-state index contributed by atoms with van der Waals surface area (Å²) in [5.74, 6) is -0.211. The van der Waals surface area contributed by atoms with Crippen LogP contribution in [0.15, 0.2) is 35.7 Å². The number of nitrogens with two attached hydrogens (primary N) is 1. The highest BCUT2D eigenvalue weighted by molar-refractivity contribution is 6.30. The predicted molar refractivity (Wildman–Crippen MR) is 72.7 cm³/mol. The third-order valence-corrected chi connectivity index (χ3v) is 2.50. The zero-order valence-corrected chi connectivity index (χ0v) is 11.1. The Morgan fingerprint density at radius 3 is 2.86 bits per heavy atom. The number of nitrogens with zero attached hydrogens (tertiary/aromatic N) is 4. The van der Waals surface area contributed by atoms with E-state index in [9.17, 15) is 10.1 Å². The molecule has 0 aliphatic heterocycles. The van der Waals surface area contributed by atoms with Crippen LogP contribution in [0.2, 0.25) is 5.02 Å². The molecule has 0 radical (unpaired) electrons. The molecule has 0 unspecified atom stereocenters. The van der Waals surface area contributed by atoms with E-state index in [0.717, 1.165) is 6.07 Å². The maximum Gasteiger partial charge on any atom is 0.299 e. The van der Waals surface area contributed by atoms with Crippen LogP contribution in [-0.4, -0.2) is 25.9 Å². The van der Waals surface area contributed by atoms with E-state index in [-0.39, 0.29) is 17.3 Å². The summed E-state index contributed by atoms with van der Waals surface area (Å²) in [5, 5.41) is 22.6. The summed E-state index contributed by atoms with van der Waals surface area (Å²) in [4.78, 5) is 17.8. The Balaban J connectivity index is 2.40. The van der Waals surface area contributed by atoms with Crippen LogP contribution in [0.4, 0.5) is 5.69 Å². The molecule has 0 fully saturated rings. The molecular weight excluding hydrogens is 302 g/mol. The van der Waals surface area contributed by atoms with Crippen molar-refractivity contribution in [2.45, 2.75) is 0 Å². The lowest BCUT2D eigenvalue weighted by molar-refractivity contribution is -0.385. The zero-order valence-electron chi connectivity index (χ0n) is 10.3. The molecule has 108 valence electrons. The molecule has 0 bridgehead atoms. The lowest BCUT2D eigenvalue weighted by atomic mass is 10.3. The molecule has 2 aromatic rings. The molecular formula is C11H8ClN5O4. The van der Waals surface area contributed by atoms with Gasteiger partial charge in [0.25, 0.3) is 5.69 Å². The fourth-order valence-corrected chi connectivity index (χ4v) is 1.61. The van der Waals surface area contributed by atoms with Gasteiger partial charge in [-0.05, 0) is 0 Å². The van der Waals surface area contributed by atoms with Crippen molar-refractivity contribution in [1.29, 1.82) is 0 Å². The maximum absolute atomic E-state index is 10.9. The Morgan fingerprint density at radius 2 is 2.24 bits per heavy atom. The molecule has 0 spiro atoms. The summed E-state index contributed by atoms with van der Waals surface area (Å²) in [6.07, 6.45) is 2.80. The highest BCUT2D eigenvalue weighted by Crippen LogP contribution is 2.25. The molecule has 0 aliphatic carbocycles. The average molecular weight is 310 g/mol. The highest BCUT2D eigenvalue weighted by atomic mass is 35.5. The van der Waals surface area contributed by atoms with Crippen molar-refractivity contribution in [2.24, 2.45) is 10.9 Å². The lowest BCUT2D eigenvalue weighted by Gasteiger charge is -2.06. The second kappa shape index (κ2) is 6.01. The second-order valence-electron chi connectivity index (χ2n) is 3.70. The number of rotatable bonds is 4. The van der Waals surface area contributed by atoms with Crippen LogP contribution in [0, 0.1) is 10.1 Å². The monoisotopic (exact) mass is 309 g/mol. The Hall–Kier alpha value is -2.94. The van der Waals surface area contributed by atoms with Crippen molar-refractivity contribution in [3.8, 4) is 11.6 Å². The van der Waals surface area contributed by atoms with Crippen LogP contribution in [-0.2, 0) is 0 Å². The van der Waals surface area contributed by atoms with Gasteiger partial charge >= 0.3 is 0 Å². The molecule has 2 heterocycles. The number of halogens is 1. The van der Waals surface area contributed by atoms with Gasteiger partial charge in [-0.2, -0.15) is 0 Å². The summed E-state index contributed by atoms with van der Waals surface area (Å²) in [6, 6.07) is 3.89. The molecule has 0 saturated carbocycles. The van der Waals surface area contributed by atoms with Gasteiger partial charge in [0.05, 0.1) is 16.1 Å². The molecule has 0 aromatic carbocycles. The van der Waals surface area contributed by atoms with Gasteiger partial charge in [-0.15, -0.1) is 0 Å². The van der Waals surface area contributed by atoms with Crippen molar-refractivity contribution in [2.75, 3.05) is 0 Å². The van der Waals surface area contributed by atoms with Crippen molar-refractivity contribution in [3.05, 3.63) is 51.4 Å². The molecule has 0 atom stereocenters. The largest absolute Gasteiger partial charge is 0.437 e. The van der Waals surface area contributed by atoms with Crippen molar-refractivity contribution in [1.82, 2.24) is 9.97 Å². The third-order valence-electron chi connectivity index (χ3n) is 2.30. The van der Waals surface area contributed by atoms with Gasteiger partial charge in [0, 0.05) is 24.4 Å². The van der Waals surface area contributed by atoms with E-state index < -0.39 is 16.4 Å². The van der Waals surface area contributed by atoms with Gasteiger partial charge in [-0.3, -0.25) is 15.1 Å². The zero-order chi connectivity index (χ0) is 15.4. The third kappa shape index (κ3) is 3.34. The van der Waals surface area contributed by atoms with Crippen LogP contribution in [0.5, 0.6) is 11.6 Å². The first-order chi connectivity index (χ1) is 10.0. The summed E-state index contributed by atoms with van der Waals surface area (Å²) in [6.45, 7) is 0. The van der Waals surface area contributed by atoms with E-state index in [1.54, 1.807) is 0 Å². The minimum Gasteiger partial charge on any atom is -0.437 e. The van der Waals surface area contributed by atoms with E-state index in [4.69, 9.17) is 27.3 Å². The van der Waals surface area contributed by atoms with Gasteiger partial charge in [0.15, 0.2) is 11.5 Å². The normalized spacial score (nSPS) is 11.2. The van der Waals surface area contributed by atoms with Crippen LogP contribution >= 0.6 is 11.6 Å². The maximum atomic E-state index is 10.9. The quantitative estimate of drug-likeness (QED) is 0.289. The molecule has 10 heteroatoms. The number of oxime groups is 1. The summed E-state index contributed by atoms with van der Waals surface area (Å²) < 4.78 is 5.36. The standard InChI is InChI=1S/C11H8ClN5O4/c12-6-3-7(5-14-4-6)21-9-2-1-8(17(19)20)10(15-9)11(13)16-18/h1-5,18H,(H2,13,16). The Morgan fingerprint density at radius 1 is 1.48 bits per heavy atom. The van der Waals surface area contributed by atoms with Crippen molar-refractivity contribution >= 4 is 23.1 Å². The number of ether oxygens (including phenoxy) is 1. The SMILES string of the molecule is N/C(=N/O)c1nc(Oc2cncc(Cl)c2)ccc1[N+](=O)[O-]. The molecule has 21 heavy (non-hydrogen) atoms. The molecule has 0 saturated heterocycles. The lowest BCUT2D eigenvalue weighted by Crippen LogP contribution is -2.17. The molecule has 2 aromatic heterocycles. The first-order valence-corrected chi connectivity index (χ1v) is 5.81. The summed E-state index contributed by atoms with van der Waals surface area (Å²) in [5.41, 5.74) is 4.64. The molecule has 0 aliphatic rings. The van der Waals surface area contributed by atoms with Gasteiger partial charge in [0.1, 0.15) is 5.75 Å². The smallest absolute Gasteiger partial charge is 0.299 e. The molecule has 0 amide bonds. The van der Waals surface area contributed by atoms with E-state index in [2.05, 4.69) is 15.1 Å². The Labute approximate surface area is 122 Å². The minimum atomic E-state index is -0.703. The van der Waals surface area contributed by atoms with Gasteiger partial charge < -0.3 is 15.7 Å². The second-order valence-corrected chi connectivity index (χ2v) is 4.14. The number of aromatic nitrogens is 2. The Kier molecular flexibility index (Phi) is 4.14. The number of nitro groups is 1. The number of amidine groups is 1. The fraction of sp³-hybridized carbons (Fsp3) is 0. The number of hydrogen-bond acceptors (Lipinski definition) is 7. The molecule has 3 N–H and O–H groups in total. The predicted octanol–water partition coefficient (Wildman–Crippen LogP) is 1.92. The number of pyridine rings is 2.